The Morgan fingerprint density at radius 1 is 1.44 bits per heavy atom. The Hall–Kier alpha value is -1.16. The Morgan fingerprint density at radius 2 is 2.25 bits per heavy atom. The van der Waals surface area contributed by atoms with Gasteiger partial charge in [0.05, 0.1) is 4.92 Å². The van der Waals surface area contributed by atoms with Crippen LogP contribution in [0.3, 0.4) is 0 Å². The highest BCUT2D eigenvalue weighted by atomic mass is 79.9. The van der Waals surface area contributed by atoms with E-state index >= 15 is 0 Å². The molecule has 0 amide bonds. The number of benzene rings is 1. The summed E-state index contributed by atoms with van der Waals surface area (Å²) in [6.45, 7) is 0. The average Bonchev–Trinajstić information content (AvgIpc) is 2.29. The molecular formula is C12H12BrNO2. The van der Waals surface area contributed by atoms with Crippen LogP contribution in [-0.2, 0) is 0 Å². The van der Waals surface area contributed by atoms with Crippen LogP contribution in [0, 0.1) is 10.1 Å². The fourth-order valence-corrected chi connectivity index (χ4v) is 2.66. The second-order valence-electron chi connectivity index (χ2n) is 3.98. The lowest BCUT2D eigenvalue weighted by Crippen LogP contribution is -2.03. The van der Waals surface area contributed by atoms with Gasteiger partial charge in [-0.05, 0) is 35.2 Å². The maximum atomic E-state index is 10.7. The van der Waals surface area contributed by atoms with Crippen LogP contribution in [0.1, 0.15) is 30.7 Å². The standard InChI is InChI=1S/C12H12BrNO2/c13-11-5-1-3-9(7-11)10-4-2-6-12(8-10)14(15)16/h2,4-6,8-9H,1,3,7H2. The van der Waals surface area contributed by atoms with E-state index in [0.717, 1.165) is 24.8 Å². The second-order valence-corrected chi connectivity index (χ2v) is 5.00. The highest BCUT2D eigenvalue weighted by Crippen LogP contribution is 2.35. The Labute approximate surface area is 102 Å². The number of nitrogens with zero attached hydrogens (tertiary/aromatic N) is 1. The lowest BCUT2D eigenvalue weighted by Gasteiger charge is -2.20. The van der Waals surface area contributed by atoms with Crippen molar-refractivity contribution < 1.29 is 4.92 Å². The van der Waals surface area contributed by atoms with E-state index in [4.69, 9.17) is 0 Å². The monoisotopic (exact) mass is 281 g/mol. The molecule has 3 nitrogen and oxygen atoms in total. The molecule has 2 rings (SSSR count). The van der Waals surface area contributed by atoms with Crippen molar-refractivity contribution in [3.05, 3.63) is 50.5 Å². The fourth-order valence-electron chi connectivity index (χ4n) is 2.04. The molecule has 0 fully saturated rings. The molecule has 0 N–H and O–H groups in total. The van der Waals surface area contributed by atoms with Crippen LogP contribution in [0.25, 0.3) is 0 Å². The SMILES string of the molecule is O=[N+]([O-])c1cccc(C2CCC=C(Br)C2)c1. The van der Waals surface area contributed by atoms with E-state index in [9.17, 15) is 10.1 Å². The van der Waals surface area contributed by atoms with Crippen LogP contribution in [0.2, 0.25) is 0 Å². The molecule has 0 spiro atoms. The molecule has 1 unspecified atom stereocenters. The van der Waals surface area contributed by atoms with E-state index in [2.05, 4.69) is 22.0 Å². The topological polar surface area (TPSA) is 43.1 Å². The van der Waals surface area contributed by atoms with Crippen LogP contribution in [0.15, 0.2) is 34.8 Å². The Bertz CT molecular complexity index is 442. The van der Waals surface area contributed by atoms with Gasteiger partial charge in [-0.1, -0.05) is 34.1 Å². The molecule has 1 aliphatic rings. The third-order valence-corrected chi connectivity index (χ3v) is 3.52. The van der Waals surface area contributed by atoms with Gasteiger partial charge >= 0.3 is 0 Å². The summed E-state index contributed by atoms with van der Waals surface area (Å²) in [5, 5.41) is 10.7. The lowest BCUT2D eigenvalue weighted by atomic mass is 9.87. The zero-order valence-corrected chi connectivity index (χ0v) is 10.3. The van der Waals surface area contributed by atoms with Gasteiger partial charge < -0.3 is 0 Å². The summed E-state index contributed by atoms with van der Waals surface area (Å²) < 4.78 is 1.20. The quantitative estimate of drug-likeness (QED) is 0.604. The number of nitro groups is 1. The first-order valence-corrected chi connectivity index (χ1v) is 6.05. The van der Waals surface area contributed by atoms with E-state index in [1.165, 1.54) is 10.5 Å². The molecule has 1 aromatic carbocycles. The van der Waals surface area contributed by atoms with E-state index in [1.807, 2.05) is 6.07 Å². The Kier molecular flexibility index (Phi) is 3.39. The number of hydrogen-bond donors (Lipinski definition) is 0. The van der Waals surface area contributed by atoms with E-state index in [0.29, 0.717) is 5.92 Å². The van der Waals surface area contributed by atoms with Gasteiger partial charge in [-0.3, -0.25) is 10.1 Å². The maximum Gasteiger partial charge on any atom is 0.269 e. The van der Waals surface area contributed by atoms with Crippen molar-refractivity contribution in [2.24, 2.45) is 0 Å². The lowest BCUT2D eigenvalue weighted by molar-refractivity contribution is -0.384. The molecule has 1 atom stereocenters. The van der Waals surface area contributed by atoms with E-state index in [1.54, 1.807) is 12.1 Å². The molecule has 16 heavy (non-hydrogen) atoms. The van der Waals surface area contributed by atoms with Gasteiger partial charge in [0.2, 0.25) is 0 Å². The number of allylic oxidation sites excluding steroid dienone is 2. The highest BCUT2D eigenvalue weighted by molar-refractivity contribution is 9.11. The summed E-state index contributed by atoms with van der Waals surface area (Å²) in [6.07, 6.45) is 5.22. The second kappa shape index (κ2) is 4.78. The van der Waals surface area contributed by atoms with Crippen molar-refractivity contribution in [2.75, 3.05) is 0 Å². The van der Waals surface area contributed by atoms with Crippen molar-refractivity contribution in [3.8, 4) is 0 Å². The van der Waals surface area contributed by atoms with E-state index in [-0.39, 0.29) is 10.6 Å². The average molecular weight is 282 g/mol. The molecule has 1 aromatic rings. The summed E-state index contributed by atoms with van der Waals surface area (Å²) >= 11 is 3.50. The van der Waals surface area contributed by atoms with E-state index < -0.39 is 0 Å². The maximum absolute atomic E-state index is 10.7. The molecule has 0 aromatic heterocycles. The summed E-state index contributed by atoms with van der Waals surface area (Å²) in [7, 11) is 0. The van der Waals surface area contributed by atoms with Crippen molar-refractivity contribution in [1.82, 2.24) is 0 Å². The van der Waals surface area contributed by atoms with Crippen molar-refractivity contribution in [1.29, 1.82) is 0 Å². The fraction of sp³-hybridized carbons (Fsp3) is 0.333. The minimum Gasteiger partial charge on any atom is -0.258 e. The minimum atomic E-state index is -0.336. The normalized spacial score (nSPS) is 20.3. The third-order valence-electron chi connectivity index (χ3n) is 2.87. The minimum absolute atomic E-state index is 0.183. The van der Waals surface area contributed by atoms with Crippen LogP contribution in [0.4, 0.5) is 5.69 Å². The predicted molar refractivity (Wildman–Crippen MR) is 66.7 cm³/mol. The zero-order chi connectivity index (χ0) is 11.5. The van der Waals surface area contributed by atoms with Gasteiger partial charge in [-0.15, -0.1) is 0 Å². The third kappa shape index (κ3) is 2.50. The summed E-state index contributed by atoms with van der Waals surface area (Å²) in [5.74, 6) is 0.402. The summed E-state index contributed by atoms with van der Waals surface area (Å²) in [6, 6.07) is 6.97. The number of rotatable bonds is 2. The van der Waals surface area contributed by atoms with Gasteiger partial charge in [-0.2, -0.15) is 0 Å². The van der Waals surface area contributed by atoms with Crippen molar-refractivity contribution >= 4 is 21.6 Å². The summed E-state index contributed by atoms with van der Waals surface area (Å²) in [5.41, 5.74) is 1.25. The van der Waals surface area contributed by atoms with Gasteiger partial charge in [0.1, 0.15) is 0 Å². The zero-order valence-electron chi connectivity index (χ0n) is 8.73. The molecule has 0 aliphatic heterocycles. The van der Waals surface area contributed by atoms with Gasteiger partial charge in [0, 0.05) is 12.1 Å². The number of non-ortho nitro benzene ring substituents is 1. The molecule has 4 heteroatoms. The van der Waals surface area contributed by atoms with Gasteiger partial charge in [0.25, 0.3) is 5.69 Å². The Balaban J connectivity index is 2.24. The molecule has 0 saturated heterocycles. The predicted octanol–water partition coefficient (Wildman–Crippen LogP) is 4.14. The number of halogens is 1. The van der Waals surface area contributed by atoms with Crippen LogP contribution in [0.5, 0.6) is 0 Å². The molecule has 1 aliphatic carbocycles. The largest absolute Gasteiger partial charge is 0.269 e. The van der Waals surface area contributed by atoms with Crippen LogP contribution in [-0.4, -0.2) is 4.92 Å². The first-order valence-electron chi connectivity index (χ1n) is 5.25. The van der Waals surface area contributed by atoms with Gasteiger partial charge in [0.15, 0.2) is 0 Å². The molecule has 0 saturated carbocycles. The summed E-state index contributed by atoms with van der Waals surface area (Å²) in [4.78, 5) is 10.3. The highest BCUT2D eigenvalue weighted by Gasteiger charge is 2.18. The molecule has 0 bridgehead atoms. The van der Waals surface area contributed by atoms with Crippen molar-refractivity contribution in [3.63, 3.8) is 0 Å². The molecule has 0 radical (unpaired) electrons. The van der Waals surface area contributed by atoms with Gasteiger partial charge in [-0.25, -0.2) is 0 Å². The van der Waals surface area contributed by atoms with Crippen LogP contribution >= 0.6 is 15.9 Å². The molecular weight excluding hydrogens is 270 g/mol. The Morgan fingerprint density at radius 3 is 2.94 bits per heavy atom. The smallest absolute Gasteiger partial charge is 0.258 e. The molecule has 84 valence electrons. The van der Waals surface area contributed by atoms with Crippen LogP contribution < -0.4 is 0 Å². The first-order chi connectivity index (χ1) is 7.66. The first kappa shape index (κ1) is 11.3. The number of nitro benzene ring substituents is 1. The molecule has 0 heterocycles. The number of hydrogen-bond acceptors (Lipinski definition) is 2. The van der Waals surface area contributed by atoms with Crippen molar-refractivity contribution in [2.45, 2.75) is 25.2 Å².